The van der Waals surface area contributed by atoms with Gasteiger partial charge < -0.3 is 23.6 Å². The highest BCUT2D eigenvalue weighted by Crippen LogP contribution is 2.36. The molecule has 0 saturated carbocycles. The van der Waals surface area contributed by atoms with Crippen molar-refractivity contribution < 1.29 is 38.5 Å². The minimum Gasteiger partial charge on any atom is -0.780 e. The molecule has 3 aromatic rings. The second kappa shape index (κ2) is 13.6. The van der Waals surface area contributed by atoms with Crippen molar-refractivity contribution in [2.75, 3.05) is 7.11 Å². The Hall–Kier alpha value is -3.59. The number of benzene rings is 1. The molecule has 0 spiro atoms. The lowest BCUT2D eigenvalue weighted by atomic mass is 10.2. The summed E-state index contributed by atoms with van der Waals surface area (Å²) in [7, 11) is -3.94. The van der Waals surface area contributed by atoms with Gasteiger partial charge in [-0.05, 0) is 17.7 Å². The van der Waals surface area contributed by atoms with E-state index in [1.807, 2.05) is 61.2 Å². The molecular formula is C19H20N3O7P. The SMILES string of the molecule is COc1cc(C=C[N+](=O)[O-])ccc1OP(=O)([O-])[O-].c1cc[nH+]cc1.c1cc[nH+]cc1. The number of aromatic nitrogens is 2. The summed E-state index contributed by atoms with van der Waals surface area (Å²) in [5.74, 6) is -0.295. The standard InChI is InChI=1S/C9H10NO7P.2C5H5N/c1-16-9-6-7(4-5-10(11)12)2-3-8(9)17-18(13,14)15;2*1-2-4-6-5-3-1/h2-6H,1H3,(H2,13,14,15);2*1-5H. The molecule has 0 unspecified atom stereocenters. The summed E-state index contributed by atoms with van der Waals surface area (Å²) in [4.78, 5) is 36.2. The van der Waals surface area contributed by atoms with E-state index in [0.717, 1.165) is 0 Å². The quantitative estimate of drug-likeness (QED) is 0.332. The number of pyridine rings is 2. The van der Waals surface area contributed by atoms with E-state index in [1.165, 1.54) is 31.4 Å². The first kappa shape index (κ1) is 24.4. The van der Waals surface area contributed by atoms with Crippen molar-refractivity contribution in [1.29, 1.82) is 0 Å². The fraction of sp³-hybridized carbons (Fsp3) is 0.0526. The highest BCUT2D eigenvalue weighted by molar-refractivity contribution is 7.43. The Bertz CT molecular complexity index is 866. The maximum Gasteiger partial charge on any atom is 0.235 e. The molecule has 0 fully saturated rings. The Morgan fingerprint density at radius 3 is 1.80 bits per heavy atom. The lowest BCUT2D eigenvalue weighted by Gasteiger charge is -2.29. The van der Waals surface area contributed by atoms with E-state index in [0.29, 0.717) is 11.8 Å². The predicted octanol–water partition coefficient (Wildman–Crippen LogP) is 1.15. The van der Waals surface area contributed by atoms with E-state index >= 15 is 0 Å². The second-order valence-electron chi connectivity index (χ2n) is 5.20. The second-order valence-corrected chi connectivity index (χ2v) is 6.28. The van der Waals surface area contributed by atoms with Gasteiger partial charge in [0.15, 0.2) is 36.3 Å². The first-order chi connectivity index (χ1) is 14.3. The Kier molecular flexibility index (Phi) is 11.1. The van der Waals surface area contributed by atoms with E-state index in [1.54, 1.807) is 0 Å². The minimum absolute atomic E-state index is 0.0209. The van der Waals surface area contributed by atoms with Gasteiger partial charge in [0, 0.05) is 30.3 Å². The summed E-state index contributed by atoms with van der Waals surface area (Å²) in [6, 6.07) is 15.5. The molecule has 2 N–H and O–H groups in total. The average molecular weight is 433 g/mol. The van der Waals surface area contributed by atoms with Gasteiger partial charge in [-0.25, -0.2) is 9.97 Å². The van der Waals surface area contributed by atoms with Crippen LogP contribution >= 0.6 is 7.82 Å². The molecule has 30 heavy (non-hydrogen) atoms. The van der Waals surface area contributed by atoms with Gasteiger partial charge in [-0.15, -0.1) is 0 Å². The average Bonchev–Trinajstić information content (AvgIpc) is 2.75. The van der Waals surface area contributed by atoms with Gasteiger partial charge in [-0.3, -0.25) is 10.1 Å². The summed E-state index contributed by atoms with van der Waals surface area (Å²) in [5.41, 5.74) is 0.391. The van der Waals surface area contributed by atoms with Gasteiger partial charge in [-0.2, -0.15) is 0 Å². The number of aromatic amines is 2. The molecule has 0 atom stereocenters. The third-order valence-corrected chi connectivity index (χ3v) is 3.42. The number of methoxy groups -OCH3 is 1. The number of hydrogen-bond donors (Lipinski definition) is 0. The van der Waals surface area contributed by atoms with E-state index in [9.17, 15) is 24.5 Å². The van der Waals surface area contributed by atoms with E-state index < -0.39 is 12.7 Å². The molecule has 0 aliphatic rings. The summed E-state index contributed by atoms with van der Waals surface area (Å²) in [6.07, 6.45) is 9.39. The first-order valence-corrected chi connectivity index (χ1v) is 9.81. The third kappa shape index (κ3) is 12.0. The van der Waals surface area contributed by atoms with Crippen molar-refractivity contribution in [3.63, 3.8) is 0 Å². The summed E-state index contributed by atoms with van der Waals surface area (Å²) >= 11 is 0. The molecule has 3 rings (SSSR count). The van der Waals surface area contributed by atoms with Gasteiger partial charge in [0.1, 0.15) is 7.82 Å². The Labute approximate surface area is 172 Å². The molecule has 0 bridgehead atoms. The normalized spacial score (nSPS) is 10.1. The number of H-pyrrole nitrogens is 2. The highest BCUT2D eigenvalue weighted by atomic mass is 31.2. The van der Waals surface area contributed by atoms with Gasteiger partial charge in [0.2, 0.25) is 6.20 Å². The number of phosphoric ester groups is 1. The lowest BCUT2D eigenvalue weighted by molar-refractivity contribution is -0.400. The number of phosphoric acid groups is 1. The van der Waals surface area contributed by atoms with Crippen LogP contribution in [0.25, 0.3) is 6.08 Å². The van der Waals surface area contributed by atoms with Gasteiger partial charge >= 0.3 is 0 Å². The van der Waals surface area contributed by atoms with Gasteiger partial charge in [0.05, 0.1) is 12.0 Å². The number of nitrogens with zero attached hydrogens (tertiary/aromatic N) is 1. The van der Waals surface area contributed by atoms with Crippen LogP contribution in [0, 0.1) is 10.1 Å². The van der Waals surface area contributed by atoms with Crippen molar-refractivity contribution in [3.8, 4) is 11.5 Å². The number of nitrogens with one attached hydrogen (secondary N) is 2. The zero-order valence-electron chi connectivity index (χ0n) is 15.9. The molecule has 1 aromatic carbocycles. The van der Waals surface area contributed by atoms with E-state index in [4.69, 9.17) is 4.74 Å². The monoisotopic (exact) mass is 433 g/mol. The van der Waals surface area contributed by atoms with Crippen LogP contribution in [0.3, 0.4) is 0 Å². The summed E-state index contributed by atoms with van der Waals surface area (Å²) in [5, 5.41) is 10.1. The van der Waals surface area contributed by atoms with Crippen molar-refractivity contribution in [2.45, 2.75) is 0 Å². The van der Waals surface area contributed by atoms with Crippen LogP contribution in [0.1, 0.15) is 5.56 Å². The maximum absolute atomic E-state index is 10.5. The fourth-order valence-corrected chi connectivity index (χ4v) is 2.21. The molecule has 10 nitrogen and oxygen atoms in total. The van der Waals surface area contributed by atoms with Crippen LogP contribution < -0.4 is 29.0 Å². The molecule has 158 valence electrons. The zero-order chi connectivity index (χ0) is 22.2. The number of ether oxygens (including phenoxy) is 1. The van der Waals surface area contributed by atoms with E-state index in [2.05, 4.69) is 14.5 Å². The van der Waals surface area contributed by atoms with Crippen molar-refractivity contribution >= 4 is 13.9 Å². The van der Waals surface area contributed by atoms with Crippen molar-refractivity contribution in [3.05, 3.63) is 101 Å². The molecule has 11 heteroatoms. The third-order valence-electron chi connectivity index (χ3n) is 3.00. The summed E-state index contributed by atoms with van der Waals surface area (Å²) < 4.78 is 19.4. The van der Waals surface area contributed by atoms with Crippen LogP contribution in [-0.2, 0) is 4.57 Å². The van der Waals surface area contributed by atoms with Crippen molar-refractivity contribution in [1.82, 2.24) is 0 Å². The van der Waals surface area contributed by atoms with Crippen LogP contribution in [0.5, 0.6) is 11.5 Å². The molecule has 2 heterocycles. The Morgan fingerprint density at radius 1 is 0.933 bits per heavy atom. The number of nitro groups is 1. The zero-order valence-corrected chi connectivity index (χ0v) is 16.8. The van der Waals surface area contributed by atoms with Crippen molar-refractivity contribution in [2.24, 2.45) is 0 Å². The van der Waals surface area contributed by atoms with Gasteiger partial charge in [0.25, 0.3) is 0 Å². The topological polar surface area (TPSA) is 153 Å². The highest BCUT2D eigenvalue weighted by Gasteiger charge is 2.06. The minimum atomic E-state index is -5.18. The first-order valence-electron chi connectivity index (χ1n) is 8.35. The molecule has 2 aromatic heterocycles. The maximum atomic E-state index is 10.5. The smallest absolute Gasteiger partial charge is 0.235 e. The Balaban J connectivity index is 0.000000300. The van der Waals surface area contributed by atoms with Crippen LogP contribution in [0.2, 0.25) is 0 Å². The van der Waals surface area contributed by atoms with Crippen LogP contribution in [-0.4, -0.2) is 12.0 Å². The lowest BCUT2D eigenvalue weighted by Crippen LogP contribution is -2.18. The number of rotatable bonds is 5. The predicted molar refractivity (Wildman–Crippen MR) is 103 cm³/mol. The van der Waals surface area contributed by atoms with E-state index in [-0.39, 0.29) is 11.5 Å². The molecule has 0 aliphatic carbocycles. The molecule has 0 saturated heterocycles. The molecule has 0 radical (unpaired) electrons. The largest absolute Gasteiger partial charge is 0.780 e. The van der Waals surface area contributed by atoms with Crippen LogP contribution in [0.15, 0.2) is 85.6 Å². The van der Waals surface area contributed by atoms with Crippen LogP contribution in [0.4, 0.5) is 0 Å². The molecule has 0 amide bonds. The summed E-state index contributed by atoms with van der Waals surface area (Å²) in [6.45, 7) is 0. The molecule has 0 aliphatic heterocycles. The Morgan fingerprint density at radius 2 is 1.47 bits per heavy atom. The fourth-order valence-electron chi connectivity index (χ4n) is 1.81. The number of hydrogen-bond acceptors (Lipinski definition) is 7. The van der Waals surface area contributed by atoms with Gasteiger partial charge in [-0.1, -0.05) is 18.2 Å². The molecular weight excluding hydrogens is 413 g/mol.